The second kappa shape index (κ2) is 13.9. The van der Waals surface area contributed by atoms with E-state index in [-0.39, 0.29) is 11.8 Å². The van der Waals surface area contributed by atoms with Gasteiger partial charge in [-0.1, -0.05) is 27.7 Å². The van der Waals surface area contributed by atoms with Crippen molar-refractivity contribution in [2.75, 3.05) is 0 Å². The van der Waals surface area contributed by atoms with E-state index < -0.39 is 35.7 Å². The molecule has 0 saturated heterocycles. The van der Waals surface area contributed by atoms with Crippen LogP contribution in [0.25, 0.3) is 0 Å². The Balaban J connectivity index is 2.27. The SMILES string of the molecule is CCC(CC)C(=O)OOOC(=O)C1CCC(C(=O)OOOC(=O)C(CC)CC)CC1. The summed E-state index contributed by atoms with van der Waals surface area (Å²) in [7, 11) is 0. The van der Waals surface area contributed by atoms with Crippen LogP contribution >= 0.6 is 0 Å². The molecule has 30 heavy (non-hydrogen) atoms. The van der Waals surface area contributed by atoms with Crippen LogP contribution in [0.1, 0.15) is 79.1 Å². The number of carbonyl (C=O) groups excluding carboxylic acids is 4. The van der Waals surface area contributed by atoms with Gasteiger partial charge in [0, 0.05) is 10.1 Å². The number of hydrogen-bond donors (Lipinski definition) is 0. The van der Waals surface area contributed by atoms with Crippen LogP contribution in [0.2, 0.25) is 0 Å². The van der Waals surface area contributed by atoms with E-state index in [2.05, 4.69) is 29.6 Å². The van der Waals surface area contributed by atoms with Crippen molar-refractivity contribution in [2.24, 2.45) is 23.7 Å². The first-order valence-corrected chi connectivity index (χ1v) is 10.5. The molecular formula is C20H32O10. The maximum atomic E-state index is 12.0. The lowest BCUT2D eigenvalue weighted by molar-refractivity contribution is -0.463. The zero-order chi connectivity index (χ0) is 22.5. The van der Waals surface area contributed by atoms with Gasteiger partial charge in [0.1, 0.15) is 0 Å². The summed E-state index contributed by atoms with van der Waals surface area (Å²) < 4.78 is 0. The third-order valence-electron chi connectivity index (χ3n) is 5.50. The van der Waals surface area contributed by atoms with Gasteiger partial charge in [0.05, 0.1) is 23.7 Å². The van der Waals surface area contributed by atoms with Gasteiger partial charge in [-0.05, 0) is 51.4 Å². The summed E-state index contributed by atoms with van der Waals surface area (Å²) in [5.74, 6) is -4.15. The summed E-state index contributed by atoms with van der Waals surface area (Å²) in [6, 6.07) is 0. The molecule has 0 spiro atoms. The Labute approximate surface area is 176 Å². The lowest BCUT2D eigenvalue weighted by Crippen LogP contribution is -2.29. The van der Waals surface area contributed by atoms with E-state index >= 15 is 0 Å². The summed E-state index contributed by atoms with van der Waals surface area (Å²) in [5.41, 5.74) is 0. The van der Waals surface area contributed by atoms with Crippen LogP contribution in [0.15, 0.2) is 0 Å². The second-order valence-electron chi connectivity index (χ2n) is 7.32. The molecule has 1 aliphatic rings. The van der Waals surface area contributed by atoms with Crippen molar-refractivity contribution in [3.05, 3.63) is 0 Å². The molecule has 1 rings (SSSR count). The quantitative estimate of drug-likeness (QED) is 0.334. The molecule has 1 fully saturated rings. The molecule has 10 heteroatoms. The van der Waals surface area contributed by atoms with Crippen LogP contribution in [-0.2, 0) is 48.8 Å². The molecule has 0 heterocycles. The van der Waals surface area contributed by atoms with E-state index in [0.29, 0.717) is 51.4 Å². The fourth-order valence-electron chi connectivity index (χ4n) is 3.25. The highest BCUT2D eigenvalue weighted by atomic mass is 17.5. The molecule has 0 radical (unpaired) electrons. The van der Waals surface area contributed by atoms with Crippen molar-refractivity contribution in [1.29, 1.82) is 0 Å². The van der Waals surface area contributed by atoms with E-state index in [1.165, 1.54) is 0 Å². The summed E-state index contributed by atoms with van der Waals surface area (Å²) in [6.07, 6.45) is 3.79. The Bertz CT molecular complexity index is 510. The highest BCUT2D eigenvalue weighted by molar-refractivity contribution is 5.75. The third-order valence-corrected chi connectivity index (χ3v) is 5.50. The van der Waals surface area contributed by atoms with E-state index in [1.54, 1.807) is 0 Å². The van der Waals surface area contributed by atoms with Crippen LogP contribution in [0.5, 0.6) is 0 Å². The van der Waals surface area contributed by atoms with Crippen molar-refractivity contribution in [3.8, 4) is 0 Å². The maximum Gasteiger partial charge on any atom is 0.349 e. The van der Waals surface area contributed by atoms with Gasteiger partial charge in [0.25, 0.3) is 0 Å². The average Bonchev–Trinajstić information content (AvgIpc) is 2.75. The molecule has 0 unspecified atom stereocenters. The van der Waals surface area contributed by atoms with Crippen molar-refractivity contribution < 1.29 is 48.8 Å². The smallest absolute Gasteiger partial charge is 0.259 e. The molecule has 0 bridgehead atoms. The first-order valence-electron chi connectivity index (χ1n) is 10.5. The minimum absolute atomic E-state index is 0.318. The minimum Gasteiger partial charge on any atom is -0.259 e. The van der Waals surface area contributed by atoms with Gasteiger partial charge in [0.15, 0.2) is 0 Å². The fourth-order valence-corrected chi connectivity index (χ4v) is 3.25. The topological polar surface area (TPSA) is 124 Å². The molecule has 0 aromatic rings. The number of hydrogen-bond acceptors (Lipinski definition) is 10. The van der Waals surface area contributed by atoms with Gasteiger partial charge in [-0.15, -0.1) is 0 Å². The van der Waals surface area contributed by atoms with Gasteiger partial charge in [-0.3, -0.25) is 19.6 Å². The van der Waals surface area contributed by atoms with E-state index in [0.717, 1.165) is 0 Å². The molecule has 0 amide bonds. The summed E-state index contributed by atoms with van der Waals surface area (Å²) in [4.78, 5) is 65.3. The first-order chi connectivity index (χ1) is 14.4. The van der Waals surface area contributed by atoms with E-state index in [4.69, 9.17) is 0 Å². The van der Waals surface area contributed by atoms with Gasteiger partial charge < -0.3 is 0 Å². The first kappa shape index (κ1) is 25.8. The van der Waals surface area contributed by atoms with Gasteiger partial charge in [-0.2, -0.15) is 0 Å². The normalized spacial score (nSPS) is 18.7. The Morgan fingerprint density at radius 3 is 1.17 bits per heavy atom. The Morgan fingerprint density at radius 1 is 0.600 bits per heavy atom. The number of carbonyl (C=O) groups is 4. The highest BCUT2D eigenvalue weighted by Crippen LogP contribution is 2.30. The van der Waals surface area contributed by atoms with Crippen molar-refractivity contribution in [3.63, 3.8) is 0 Å². The summed E-state index contributed by atoms with van der Waals surface area (Å²) >= 11 is 0. The predicted molar refractivity (Wildman–Crippen MR) is 100 cm³/mol. The number of rotatable bonds is 12. The maximum absolute atomic E-state index is 12.0. The van der Waals surface area contributed by atoms with Crippen LogP contribution in [0, 0.1) is 23.7 Å². The van der Waals surface area contributed by atoms with Crippen LogP contribution < -0.4 is 0 Å². The molecule has 0 N–H and O–H groups in total. The monoisotopic (exact) mass is 432 g/mol. The van der Waals surface area contributed by atoms with Crippen LogP contribution in [0.3, 0.4) is 0 Å². The standard InChI is InChI=1S/C20H32O10/c1-5-13(6-2)17(21)25-29-27-19(23)15-9-11-16(12-10-15)20(24)28-30-26-18(22)14(7-3)8-4/h13-16H,5-12H2,1-4H3. The largest absolute Gasteiger partial charge is 0.349 e. The fraction of sp³-hybridized carbons (Fsp3) is 0.800. The molecule has 0 aromatic carbocycles. The molecule has 0 atom stereocenters. The summed E-state index contributed by atoms with van der Waals surface area (Å²) in [6.45, 7) is 7.36. The van der Waals surface area contributed by atoms with Crippen molar-refractivity contribution in [2.45, 2.75) is 79.1 Å². The molecule has 0 aromatic heterocycles. The second-order valence-corrected chi connectivity index (χ2v) is 7.32. The Kier molecular flexibility index (Phi) is 12.0. The predicted octanol–water partition coefficient (Wildman–Crippen LogP) is 3.53. The molecular weight excluding hydrogens is 400 g/mol. The van der Waals surface area contributed by atoms with Crippen LogP contribution in [0.4, 0.5) is 0 Å². The summed E-state index contributed by atoms with van der Waals surface area (Å²) in [5, 5.41) is 8.65. The zero-order valence-corrected chi connectivity index (χ0v) is 18.0. The Morgan fingerprint density at radius 2 is 0.900 bits per heavy atom. The lowest BCUT2D eigenvalue weighted by atomic mass is 9.82. The zero-order valence-electron chi connectivity index (χ0n) is 18.0. The van der Waals surface area contributed by atoms with Gasteiger partial charge >= 0.3 is 23.9 Å². The molecule has 0 aliphatic heterocycles. The molecule has 172 valence electrons. The molecule has 1 aliphatic carbocycles. The van der Waals surface area contributed by atoms with E-state index in [9.17, 15) is 19.2 Å². The molecule has 1 saturated carbocycles. The van der Waals surface area contributed by atoms with Crippen molar-refractivity contribution in [1.82, 2.24) is 0 Å². The van der Waals surface area contributed by atoms with Crippen molar-refractivity contribution >= 4 is 23.9 Å². The Hall–Kier alpha value is -2.20. The highest BCUT2D eigenvalue weighted by Gasteiger charge is 2.33. The average molecular weight is 432 g/mol. The lowest BCUT2D eigenvalue weighted by Gasteiger charge is -2.24. The van der Waals surface area contributed by atoms with E-state index in [1.807, 2.05) is 27.7 Å². The third kappa shape index (κ3) is 8.27. The molecule has 10 nitrogen and oxygen atoms in total. The minimum atomic E-state index is -0.672. The van der Waals surface area contributed by atoms with Gasteiger partial charge in [-0.25, -0.2) is 19.2 Å². The van der Waals surface area contributed by atoms with Crippen LogP contribution in [-0.4, -0.2) is 23.9 Å². The van der Waals surface area contributed by atoms with Gasteiger partial charge in [0.2, 0.25) is 0 Å².